The molecule has 2 aromatic rings. The first-order chi connectivity index (χ1) is 11.6. The lowest BCUT2D eigenvalue weighted by Gasteiger charge is -2.13. The van der Waals surface area contributed by atoms with E-state index in [2.05, 4.69) is 5.10 Å². The summed E-state index contributed by atoms with van der Waals surface area (Å²) in [5.74, 6) is -0.643. The predicted octanol–water partition coefficient (Wildman–Crippen LogP) is 2.18. The van der Waals surface area contributed by atoms with E-state index < -0.39 is 15.8 Å². The van der Waals surface area contributed by atoms with Crippen LogP contribution in [0.3, 0.4) is 0 Å². The molecule has 0 aliphatic rings. The number of carboxylic acid groups (broad SMARTS) is 1. The topological polar surface area (TPSA) is 98.5 Å². The Labute approximate surface area is 147 Å². The second-order valence-corrected chi connectivity index (χ2v) is 7.98. The average Bonchev–Trinajstić information content (AvgIpc) is 2.72. The van der Waals surface area contributed by atoms with Crippen LogP contribution in [0.4, 0.5) is 0 Å². The monoisotopic (exact) mass is 366 g/mol. The molecule has 0 spiro atoms. The van der Waals surface area contributed by atoms with Gasteiger partial charge in [-0.2, -0.15) is 5.10 Å². The molecule has 136 valence electrons. The lowest BCUT2D eigenvalue weighted by Crippen LogP contribution is -2.13. The van der Waals surface area contributed by atoms with Crippen molar-refractivity contribution in [2.24, 2.45) is 0 Å². The van der Waals surface area contributed by atoms with E-state index in [0.717, 1.165) is 0 Å². The summed E-state index contributed by atoms with van der Waals surface area (Å²) < 4.78 is 32.5. The maximum absolute atomic E-state index is 13.0. The number of benzene rings is 1. The van der Waals surface area contributed by atoms with E-state index >= 15 is 0 Å². The Kier molecular flexibility index (Phi) is 5.22. The number of aliphatic carboxylic acids is 1. The van der Waals surface area contributed by atoms with Crippen LogP contribution in [0.5, 0.6) is 5.75 Å². The molecule has 0 aliphatic carbocycles. The van der Waals surface area contributed by atoms with Crippen LogP contribution in [0, 0.1) is 27.7 Å². The Balaban J connectivity index is 2.47. The molecule has 1 aromatic carbocycles. The van der Waals surface area contributed by atoms with E-state index in [4.69, 9.17) is 9.84 Å². The highest BCUT2D eigenvalue weighted by atomic mass is 32.2. The van der Waals surface area contributed by atoms with Crippen molar-refractivity contribution in [1.29, 1.82) is 0 Å². The lowest BCUT2D eigenvalue weighted by molar-refractivity contribution is -0.137. The summed E-state index contributed by atoms with van der Waals surface area (Å²) in [5, 5.41) is 13.1. The van der Waals surface area contributed by atoms with Gasteiger partial charge in [0.05, 0.1) is 23.5 Å². The SMILES string of the molecule is COc1cc(C)c(S(=O)(=O)Cc2c(C)nn(CC(=O)O)c2C)c(C)c1. The van der Waals surface area contributed by atoms with Gasteiger partial charge in [0.2, 0.25) is 0 Å². The van der Waals surface area contributed by atoms with Crippen LogP contribution < -0.4 is 4.74 Å². The quantitative estimate of drug-likeness (QED) is 0.841. The standard InChI is InChI=1S/C17H22N2O5S/c1-10-6-14(24-5)7-11(2)17(10)25(22,23)9-15-12(3)18-19(13(15)4)8-16(20)21/h6-7H,8-9H2,1-5H3,(H,20,21). The molecule has 25 heavy (non-hydrogen) atoms. The van der Waals surface area contributed by atoms with Gasteiger partial charge in [-0.1, -0.05) is 0 Å². The molecule has 0 unspecified atom stereocenters. The van der Waals surface area contributed by atoms with Gasteiger partial charge in [0.25, 0.3) is 0 Å². The molecule has 0 amide bonds. The fraction of sp³-hybridized carbons (Fsp3) is 0.412. The molecule has 1 heterocycles. The van der Waals surface area contributed by atoms with Crippen molar-refractivity contribution < 1.29 is 23.1 Å². The number of carboxylic acids is 1. The Morgan fingerprint density at radius 2 is 1.76 bits per heavy atom. The first-order valence-electron chi connectivity index (χ1n) is 7.69. The van der Waals surface area contributed by atoms with E-state index in [1.165, 1.54) is 11.8 Å². The largest absolute Gasteiger partial charge is 0.497 e. The molecule has 0 fully saturated rings. The Morgan fingerprint density at radius 1 is 1.20 bits per heavy atom. The normalized spacial score (nSPS) is 11.6. The minimum absolute atomic E-state index is 0.224. The van der Waals surface area contributed by atoms with Gasteiger partial charge in [-0.15, -0.1) is 0 Å². The summed E-state index contributed by atoms with van der Waals surface area (Å²) in [6.07, 6.45) is 0. The molecular weight excluding hydrogens is 344 g/mol. The van der Waals surface area contributed by atoms with Crippen LogP contribution in [0.1, 0.15) is 28.1 Å². The molecule has 0 atom stereocenters. The van der Waals surface area contributed by atoms with Gasteiger partial charge < -0.3 is 9.84 Å². The van der Waals surface area contributed by atoms with Crippen LogP contribution in [-0.4, -0.2) is 36.4 Å². The van der Waals surface area contributed by atoms with Crippen molar-refractivity contribution in [2.45, 2.75) is 44.9 Å². The molecule has 1 N–H and O–H groups in total. The van der Waals surface area contributed by atoms with E-state index in [1.807, 2.05) is 0 Å². The number of aryl methyl sites for hydroxylation is 3. The number of nitrogens with zero attached hydrogens (tertiary/aromatic N) is 2. The number of sulfone groups is 1. The Hall–Kier alpha value is -2.35. The number of carbonyl (C=O) groups is 1. The van der Waals surface area contributed by atoms with Gasteiger partial charge in [0.1, 0.15) is 12.3 Å². The summed E-state index contributed by atoms with van der Waals surface area (Å²) in [4.78, 5) is 11.2. The van der Waals surface area contributed by atoms with Crippen LogP contribution in [0.15, 0.2) is 17.0 Å². The predicted molar refractivity (Wildman–Crippen MR) is 92.7 cm³/mol. The summed E-state index contributed by atoms with van der Waals surface area (Å²) in [6, 6.07) is 3.38. The highest BCUT2D eigenvalue weighted by Gasteiger charge is 2.25. The van der Waals surface area contributed by atoms with Gasteiger partial charge in [-0.3, -0.25) is 9.48 Å². The summed E-state index contributed by atoms with van der Waals surface area (Å²) in [5.41, 5.74) is 2.84. The number of hydrogen-bond acceptors (Lipinski definition) is 5. The molecule has 7 nitrogen and oxygen atoms in total. The fourth-order valence-electron chi connectivity index (χ4n) is 3.01. The van der Waals surface area contributed by atoms with Crippen LogP contribution in [0.25, 0.3) is 0 Å². The molecular formula is C17H22N2O5S. The zero-order chi connectivity index (χ0) is 18.9. The van der Waals surface area contributed by atoms with Crippen molar-refractivity contribution in [3.05, 3.63) is 40.2 Å². The molecule has 0 radical (unpaired) electrons. The van der Waals surface area contributed by atoms with E-state index in [1.54, 1.807) is 39.8 Å². The van der Waals surface area contributed by atoms with Gasteiger partial charge in [0, 0.05) is 11.3 Å². The summed E-state index contributed by atoms with van der Waals surface area (Å²) >= 11 is 0. The van der Waals surface area contributed by atoms with Gasteiger partial charge in [-0.05, 0) is 51.0 Å². The molecule has 1 aromatic heterocycles. The smallest absolute Gasteiger partial charge is 0.325 e. The first-order valence-corrected chi connectivity index (χ1v) is 9.34. The summed E-state index contributed by atoms with van der Waals surface area (Å²) in [7, 11) is -2.08. The third-order valence-corrected chi connectivity index (χ3v) is 6.07. The van der Waals surface area contributed by atoms with Crippen LogP contribution >= 0.6 is 0 Å². The van der Waals surface area contributed by atoms with Crippen molar-refractivity contribution >= 4 is 15.8 Å². The molecule has 0 saturated carbocycles. The number of methoxy groups -OCH3 is 1. The van der Waals surface area contributed by atoms with Crippen molar-refractivity contribution in [2.75, 3.05) is 7.11 Å². The molecule has 0 bridgehead atoms. The maximum atomic E-state index is 13.0. The van der Waals surface area contributed by atoms with Gasteiger partial charge >= 0.3 is 5.97 Å². The van der Waals surface area contributed by atoms with Crippen LogP contribution in [0.2, 0.25) is 0 Å². The van der Waals surface area contributed by atoms with Gasteiger partial charge in [-0.25, -0.2) is 8.42 Å². The Morgan fingerprint density at radius 3 is 2.24 bits per heavy atom. The van der Waals surface area contributed by atoms with Gasteiger partial charge in [0.15, 0.2) is 9.84 Å². The third kappa shape index (κ3) is 3.84. The Bertz CT molecular complexity index is 906. The molecule has 2 rings (SSSR count). The second kappa shape index (κ2) is 6.87. The zero-order valence-electron chi connectivity index (χ0n) is 15.0. The van der Waals surface area contributed by atoms with Crippen LogP contribution in [-0.2, 0) is 26.9 Å². The first kappa shape index (κ1) is 19.0. The maximum Gasteiger partial charge on any atom is 0.325 e. The third-order valence-electron chi connectivity index (χ3n) is 4.13. The number of rotatable bonds is 6. The van der Waals surface area contributed by atoms with Crippen molar-refractivity contribution in [1.82, 2.24) is 9.78 Å². The second-order valence-electron chi connectivity index (χ2n) is 6.05. The number of ether oxygens (including phenoxy) is 1. The summed E-state index contributed by atoms with van der Waals surface area (Å²) in [6.45, 7) is 6.53. The lowest BCUT2D eigenvalue weighted by atomic mass is 10.1. The fourth-order valence-corrected chi connectivity index (χ4v) is 5.05. The highest BCUT2D eigenvalue weighted by Crippen LogP contribution is 2.29. The molecule has 8 heteroatoms. The highest BCUT2D eigenvalue weighted by molar-refractivity contribution is 7.90. The van der Waals surface area contributed by atoms with E-state index in [-0.39, 0.29) is 17.2 Å². The van der Waals surface area contributed by atoms with Crippen molar-refractivity contribution in [3.63, 3.8) is 0 Å². The number of aromatic nitrogens is 2. The molecule has 0 aliphatic heterocycles. The minimum atomic E-state index is -3.62. The zero-order valence-corrected chi connectivity index (χ0v) is 15.8. The molecule has 0 saturated heterocycles. The average molecular weight is 366 g/mol. The van der Waals surface area contributed by atoms with Crippen molar-refractivity contribution in [3.8, 4) is 5.75 Å². The van der Waals surface area contributed by atoms with E-state index in [9.17, 15) is 13.2 Å². The minimum Gasteiger partial charge on any atom is -0.497 e. The van der Waals surface area contributed by atoms with E-state index in [0.29, 0.717) is 33.8 Å². The number of hydrogen-bond donors (Lipinski definition) is 1.